The van der Waals surface area contributed by atoms with Crippen molar-refractivity contribution in [2.45, 2.75) is 52.5 Å². The standard InChI is InChI=1S/C11H23NO4S/c1-5-11(3,4)12-17(14,15)9-7-8-10(13)16-6-2/h12H,5-9H2,1-4H3. The van der Waals surface area contributed by atoms with Gasteiger partial charge in [0, 0.05) is 12.0 Å². The maximum atomic E-state index is 11.7. The van der Waals surface area contributed by atoms with E-state index in [1.165, 1.54) is 0 Å². The summed E-state index contributed by atoms with van der Waals surface area (Å²) in [4.78, 5) is 11.0. The first-order valence-electron chi connectivity index (χ1n) is 5.89. The lowest BCUT2D eigenvalue weighted by Gasteiger charge is -2.23. The first-order valence-corrected chi connectivity index (χ1v) is 7.55. The van der Waals surface area contributed by atoms with E-state index in [4.69, 9.17) is 4.74 Å². The summed E-state index contributed by atoms with van der Waals surface area (Å²) in [7, 11) is -3.32. The lowest BCUT2D eigenvalue weighted by atomic mass is 10.0. The van der Waals surface area contributed by atoms with Gasteiger partial charge in [0.25, 0.3) is 0 Å². The monoisotopic (exact) mass is 265 g/mol. The van der Waals surface area contributed by atoms with Gasteiger partial charge in [-0.2, -0.15) is 0 Å². The molecule has 0 aliphatic heterocycles. The van der Waals surface area contributed by atoms with E-state index < -0.39 is 15.6 Å². The highest BCUT2D eigenvalue weighted by Gasteiger charge is 2.22. The fourth-order valence-corrected chi connectivity index (χ4v) is 2.80. The normalized spacial score (nSPS) is 12.5. The van der Waals surface area contributed by atoms with Gasteiger partial charge in [0.05, 0.1) is 12.4 Å². The second-order valence-corrected chi connectivity index (χ2v) is 6.41. The van der Waals surface area contributed by atoms with E-state index in [9.17, 15) is 13.2 Å². The third-order valence-electron chi connectivity index (χ3n) is 2.41. The zero-order valence-electron chi connectivity index (χ0n) is 11.1. The van der Waals surface area contributed by atoms with Gasteiger partial charge in [-0.05, 0) is 33.6 Å². The Labute approximate surface area is 104 Å². The second-order valence-electron chi connectivity index (χ2n) is 4.57. The van der Waals surface area contributed by atoms with E-state index in [1.54, 1.807) is 6.92 Å². The van der Waals surface area contributed by atoms with Crippen LogP contribution in [-0.4, -0.2) is 32.3 Å². The van der Waals surface area contributed by atoms with Gasteiger partial charge < -0.3 is 4.74 Å². The first kappa shape index (κ1) is 16.4. The number of nitrogens with one attached hydrogen (secondary N) is 1. The van der Waals surface area contributed by atoms with Crippen molar-refractivity contribution in [1.82, 2.24) is 4.72 Å². The fourth-order valence-electron chi connectivity index (χ4n) is 1.18. The summed E-state index contributed by atoms with van der Waals surface area (Å²) in [6, 6.07) is 0. The van der Waals surface area contributed by atoms with Crippen LogP contribution in [0.3, 0.4) is 0 Å². The maximum Gasteiger partial charge on any atom is 0.305 e. The Morgan fingerprint density at radius 3 is 2.35 bits per heavy atom. The average Bonchev–Trinajstić information content (AvgIpc) is 2.16. The molecule has 0 fully saturated rings. The summed E-state index contributed by atoms with van der Waals surface area (Å²) in [6.45, 7) is 7.62. The van der Waals surface area contributed by atoms with Crippen molar-refractivity contribution in [3.63, 3.8) is 0 Å². The highest BCUT2D eigenvalue weighted by atomic mass is 32.2. The largest absolute Gasteiger partial charge is 0.466 e. The predicted octanol–water partition coefficient (Wildman–Crippen LogP) is 1.44. The third kappa shape index (κ3) is 8.15. The number of hydrogen-bond donors (Lipinski definition) is 1. The van der Waals surface area contributed by atoms with Crippen molar-refractivity contribution >= 4 is 16.0 Å². The molecule has 0 radical (unpaired) electrons. The van der Waals surface area contributed by atoms with Gasteiger partial charge in [-0.3, -0.25) is 4.79 Å². The highest BCUT2D eigenvalue weighted by Crippen LogP contribution is 2.10. The number of ether oxygens (including phenoxy) is 1. The average molecular weight is 265 g/mol. The smallest absolute Gasteiger partial charge is 0.305 e. The van der Waals surface area contributed by atoms with Crippen LogP contribution in [0.5, 0.6) is 0 Å². The number of esters is 1. The van der Waals surface area contributed by atoms with Crippen LogP contribution in [0.2, 0.25) is 0 Å². The van der Waals surface area contributed by atoms with E-state index in [1.807, 2.05) is 20.8 Å². The van der Waals surface area contributed by atoms with Crippen LogP contribution in [0.15, 0.2) is 0 Å². The van der Waals surface area contributed by atoms with Crippen LogP contribution >= 0.6 is 0 Å². The van der Waals surface area contributed by atoms with Crippen molar-refractivity contribution in [3.8, 4) is 0 Å². The number of hydrogen-bond acceptors (Lipinski definition) is 4. The van der Waals surface area contributed by atoms with Crippen LogP contribution in [0.25, 0.3) is 0 Å². The number of carbonyl (C=O) groups excluding carboxylic acids is 1. The van der Waals surface area contributed by atoms with E-state index >= 15 is 0 Å². The molecule has 0 saturated carbocycles. The molecule has 5 nitrogen and oxygen atoms in total. The Bertz CT molecular complexity index is 335. The molecule has 0 atom stereocenters. The SMILES string of the molecule is CCOC(=O)CCCS(=O)(=O)NC(C)(C)CC. The van der Waals surface area contributed by atoms with E-state index in [0.29, 0.717) is 13.0 Å². The van der Waals surface area contributed by atoms with Crippen LogP contribution in [0.1, 0.15) is 47.0 Å². The molecule has 0 aliphatic carbocycles. The molecule has 0 heterocycles. The van der Waals surface area contributed by atoms with Gasteiger partial charge >= 0.3 is 5.97 Å². The third-order valence-corrected chi connectivity index (χ3v) is 4.10. The molecule has 0 rings (SSSR count). The van der Waals surface area contributed by atoms with Gasteiger partial charge in [-0.1, -0.05) is 6.92 Å². The zero-order valence-corrected chi connectivity index (χ0v) is 11.9. The minimum Gasteiger partial charge on any atom is -0.466 e. The molecule has 17 heavy (non-hydrogen) atoms. The molecule has 0 aromatic heterocycles. The predicted molar refractivity (Wildman–Crippen MR) is 67.2 cm³/mol. The Kier molecular flexibility index (Phi) is 6.70. The first-order chi connectivity index (χ1) is 7.72. The Hall–Kier alpha value is -0.620. The lowest BCUT2D eigenvalue weighted by molar-refractivity contribution is -0.143. The Morgan fingerprint density at radius 2 is 1.88 bits per heavy atom. The van der Waals surface area contributed by atoms with Gasteiger partial charge in [0.15, 0.2) is 0 Å². The van der Waals surface area contributed by atoms with Crippen molar-refractivity contribution in [3.05, 3.63) is 0 Å². The number of rotatable bonds is 8. The molecular weight excluding hydrogens is 242 g/mol. The molecule has 0 spiro atoms. The molecular formula is C11H23NO4S. The molecule has 0 amide bonds. The van der Waals surface area contributed by atoms with Crippen molar-refractivity contribution in [1.29, 1.82) is 0 Å². The van der Waals surface area contributed by atoms with Gasteiger partial charge in [-0.25, -0.2) is 13.1 Å². The lowest BCUT2D eigenvalue weighted by Crippen LogP contribution is -2.43. The fraction of sp³-hybridized carbons (Fsp3) is 0.909. The summed E-state index contributed by atoms with van der Waals surface area (Å²) in [5, 5.41) is 0. The van der Waals surface area contributed by atoms with Crippen molar-refractivity contribution < 1.29 is 17.9 Å². The molecule has 0 aromatic carbocycles. The minimum absolute atomic E-state index is 0.0464. The van der Waals surface area contributed by atoms with Crippen LogP contribution < -0.4 is 4.72 Å². The molecule has 0 bridgehead atoms. The van der Waals surface area contributed by atoms with E-state index in [-0.39, 0.29) is 24.6 Å². The number of sulfonamides is 1. The quantitative estimate of drug-likeness (QED) is 0.674. The second kappa shape index (κ2) is 6.96. The van der Waals surface area contributed by atoms with Crippen molar-refractivity contribution in [2.75, 3.05) is 12.4 Å². The van der Waals surface area contributed by atoms with Crippen LogP contribution in [0.4, 0.5) is 0 Å². The van der Waals surface area contributed by atoms with Gasteiger partial charge in [0.1, 0.15) is 0 Å². The molecule has 6 heteroatoms. The van der Waals surface area contributed by atoms with E-state index in [2.05, 4.69) is 4.72 Å². The Balaban J connectivity index is 4.07. The summed E-state index contributed by atoms with van der Waals surface area (Å²) >= 11 is 0. The Morgan fingerprint density at radius 1 is 1.29 bits per heavy atom. The van der Waals surface area contributed by atoms with E-state index in [0.717, 1.165) is 0 Å². The summed E-state index contributed by atoms with van der Waals surface area (Å²) in [5.41, 5.74) is -0.442. The summed E-state index contributed by atoms with van der Waals surface area (Å²) < 4.78 is 30.7. The highest BCUT2D eigenvalue weighted by molar-refractivity contribution is 7.89. The maximum absolute atomic E-state index is 11.7. The molecule has 0 saturated heterocycles. The summed E-state index contributed by atoms with van der Waals surface area (Å²) in [5.74, 6) is -0.396. The molecule has 0 unspecified atom stereocenters. The molecule has 1 N–H and O–H groups in total. The van der Waals surface area contributed by atoms with Gasteiger partial charge in [0.2, 0.25) is 10.0 Å². The summed E-state index contributed by atoms with van der Waals surface area (Å²) in [6.07, 6.45) is 1.14. The molecule has 0 aliphatic rings. The molecule has 102 valence electrons. The van der Waals surface area contributed by atoms with Crippen LogP contribution in [-0.2, 0) is 19.6 Å². The molecule has 0 aromatic rings. The minimum atomic E-state index is -3.32. The zero-order chi connectivity index (χ0) is 13.5. The van der Waals surface area contributed by atoms with Gasteiger partial charge in [-0.15, -0.1) is 0 Å². The van der Waals surface area contributed by atoms with Crippen LogP contribution in [0, 0.1) is 0 Å². The number of carbonyl (C=O) groups is 1. The topological polar surface area (TPSA) is 72.5 Å². The van der Waals surface area contributed by atoms with Crippen molar-refractivity contribution in [2.24, 2.45) is 0 Å².